The van der Waals surface area contributed by atoms with Gasteiger partial charge in [-0.1, -0.05) is 44.3 Å². The number of carbonyl (C=O) groups excluding carboxylic acids is 1. The van der Waals surface area contributed by atoms with E-state index in [-0.39, 0.29) is 13.5 Å². The Morgan fingerprint density at radius 1 is 1.14 bits per heavy atom. The zero-order chi connectivity index (χ0) is 30.4. The van der Waals surface area contributed by atoms with Gasteiger partial charge in [-0.05, 0) is 68.1 Å². The minimum atomic E-state index is -4.44. The number of methoxy groups -OCH3 is 1. The molecule has 0 radical (unpaired) electrons. The first-order chi connectivity index (χ1) is 20.1. The van der Waals surface area contributed by atoms with E-state index in [1.807, 2.05) is 38.1 Å². The van der Waals surface area contributed by atoms with Crippen molar-refractivity contribution in [3.63, 3.8) is 0 Å². The monoisotopic (exact) mass is 593 g/mol. The number of hydrogen-bond acceptors (Lipinski definition) is 5. The molecule has 0 saturated carbocycles. The summed E-state index contributed by atoms with van der Waals surface area (Å²) in [4.78, 5) is 20.4. The van der Waals surface area contributed by atoms with Crippen molar-refractivity contribution in [3.8, 4) is 16.9 Å². The number of aryl methyl sites for hydroxylation is 1. The van der Waals surface area contributed by atoms with Gasteiger partial charge in [0.25, 0.3) is 0 Å². The Morgan fingerprint density at radius 3 is 2.47 bits per heavy atom. The normalized spacial score (nSPS) is 14.1. The average Bonchev–Trinajstić information content (AvgIpc) is 2.93. The van der Waals surface area contributed by atoms with E-state index >= 15 is 0 Å². The first-order valence-corrected chi connectivity index (χ1v) is 14.1. The van der Waals surface area contributed by atoms with Crippen LogP contribution in [0.1, 0.15) is 62.4 Å². The Morgan fingerprint density at radius 2 is 1.88 bits per heavy atom. The lowest BCUT2D eigenvalue weighted by Crippen LogP contribution is -2.38. The van der Waals surface area contributed by atoms with Gasteiger partial charge in [0.1, 0.15) is 17.9 Å². The van der Waals surface area contributed by atoms with Crippen molar-refractivity contribution >= 4 is 12.1 Å². The van der Waals surface area contributed by atoms with Crippen molar-refractivity contribution in [1.82, 2.24) is 9.88 Å². The van der Waals surface area contributed by atoms with Gasteiger partial charge in [0.15, 0.2) is 0 Å². The molecule has 1 saturated heterocycles. The highest BCUT2D eigenvalue weighted by Crippen LogP contribution is 2.38. The molecule has 2 heterocycles. The Kier molecular flexibility index (Phi) is 11.2. The fourth-order valence-corrected chi connectivity index (χ4v) is 5.44. The molecule has 8 heteroatoms. The molecule has 1 fully saturated rings. The molecule has 0 N–H and O–H groups in total. The summed E-state index contributed by atoms with van der Waals surface area (Å²) < 4.78 is 46.3. The molecule has 43 heavy (non-hydrogen) atoms. The number of pyridine rings is 1. The van der Waals surface area contributed by atoms with Gasteiger partial charge in [-0.2, -0.15) is 13.2 Å². The highest BCUT2D eigenvalue weighted by Gasteiger charge is 2.32. The zero-order valence-corrected chi connectivity index (χ0v) is 24.5. The van der Waals surface area contributed by atoms with E-state index in [4.69, 9.17) is 9.72 Å². The number of aromatic nitrogens is 1. The van der Waals surface area contributed by atoms with Crippen molar-refractivity contribution in [2.75, 3.05) is 25.1 Å². The molecule has 5 nitrogen and oxygen atoms in total. The van der Waals surface area contributed by atoms with E-state index in [9.17, 15) is 18.0 Å². The highest BCUT2D eigenvalue weighted by atomic mass is 19.4. The maximum atomic E-state index is 13.5. The Bertz CT molecular complexity index is 1430. The van der Waals surface area contributed by atoms with E-state index < -0.39 is 17.7 Å². The molecular weight excluding hydrogens is 551 g/mol. The molecule has 0 spiro atoms. The number of carbonyl (C=O) groups is 1. The summed E-state index contributed by atoms with van der Waals surface area (Å²) >= 11 is 0. The maximum absolute atomic E-state index is 13.5. The number of aldehydes is 1. The van der Waals surface area contributed by atoms with Gasteiger partial charge in [-0.25, -0.2) is 4.98 Å². The summed E-state index contributed by atoms with van der Waals surface area (Å²) in [5, 5.41) is 0. The SMILES string of the molecule is C.C=CC(c1cccc(C(F)(F)F)c1)C(C)N(Cc1nc(N2CCC2)ccc1-c1cc(CCC=O)ccc1OC)C(=C)C. The smallest absolute Gasteiger partial charge is 0.416 e. The molecular formula is C35H42F3N3O2. The van der Waals surface area contributed by atoms with Gasteiger partial charge in [0.2, 0.25) is 0 Å². The number of ether oxygens (including phenoxy) is 1. The molecule has 1 aliphatic heterocycles. The van der Waals surface area contributed by atoms with Crippen molar-refractivity contribution in [3.05, 3.63) is 102 Å². The third-order valence-corrected chi connectivity index (χ3v) is 7.92. The van der Waals surface area contributed by atoms with Crippen LogP contribution in [0.2, 0.25) is 0 Å². The van der Waals surface area contributed by atoms with Crippen LogP contribution in [0, 0.1) is 0 Å². The second kappa shape index (κ2) is 14.4. The number of hydrogen-bond donors (Lipinski definition) is 0. The second-order valence-corrected chi connectivity index (χ2v) is 10.7. The van der Waals surface area contributed by atoms with Crippen molar-refractivity contribution in [2.24, 2.45) is 0 Å². The van der Waals surface area contributed by atoms with Gasteiger partial charge in [0.05, 0.1) is 24.9 Å². The third kappa shape index (κ3) is 7.66. The lowest BCUT2D eigenvalue weighted by Gasteiger charge is -2.37. The molecule has 0 aliphatic carbocycles. The number of rotatable bonds is 13. The van der Waals surface area contributed by atoms with E-state index in [2.05, 4.69) is 29.0 Å². The van der Waals surface area contributed by atoms with Crippen LogP contribution in [0.25, 0.3) is 11.1 Å². The molecule has 2 aromatic carbocycles. The zero-order valence-electron chi connectivity index (χ0n) is 24.5. The minimum absolute atomic E-state index is 0. The van der Waals surface area contributed by atoms with Gasteiger partial charge in [-0.3, -0.25) is 0 Å². The summed E-state index contributed by atoms with van der Waals surface area (Å²) in [6.45, 7) is 14.3. The molecule has 1 aliphatic rings. The Balaban J connectivity index is 0.00000506. The van der Waals surface area contributed by atoms with E-state index in [0.29, 0.717) is 30.7 Å². The summed E-state index contributed by atoms with van der Waals surface area (Å²) in [6, 6.07) is 15.1. The molecule has 0 amide bonds. The van der Waals surface area contributed by atoms with E-state index in [0.717, 1.165) is 65.8 Å². The number of benzene rings is 2. The van der Waals surface area contributed by atoms with Crippen LogP contribution >= 0.6 is 0 Å². The summed E-state index contributed by atoms with van der Waals surface area (Å²) in [6.07, 6.45) is 0.310. The number of alkyl halides is 3. The van der Waals surface area contributed by atoms with E-state index in [1.54, 1.807) is 19.3 Å². The van der Waals surface area contributed by atoms with Crippen LogP contribution in [0.5, 0.6) is 5.75 Å². The molecule has 1 aromatic heterocycles. The van der Waals surface area contributed by atoms with Crippen molar-refractivity contribution < 1.29 is 22.7 Å². The predicted octanol–water partition coefficient (Wildman–Crippen LogP) is 8.45. The maximum Gasteiger partial charge on any atom is 0.416 e. The van der Waals surface area contributed by atoms with Crippen LogP contribution in [-0.4, -0.2) is 42.4 Å². The first kappa shape index (κ1) is 33.4. The number of halogens is 3. The van der Waals surface area contributed by atoms with E-state index in [1.165, 1.54) is 12.1 Å². The van der Waals surface area contributed by atoms with Crippen LogP contribution in [0.3, 0.4) is 0 Å². The number of nitrogens with zero attached hydrogens (tertiary/aromatic N) is 3. The lowest BCUT2D eigenvalue weighted by atomic mass is 9.89. The fraction of sp³-hybridized carbons (Fsp3) is 0.371. The number of allylic oxidation sites excluding steroid dienone is 1. The quantitative estimate of drug-likeness (QED) is 0.147. The molecule has 2 atom stereocenters. The van der Waals surface area contributed by atoms with Gasteiger partial charge in [-0.15, -0.1) is 6.58 Å². The summed E-state index contributed by atoms with van der Waals surface area (Å²) in [5.41, 5.74) is 4.17. The number of anilines is 1. The van der Waals surface area contributed by atoms with Crippen molar-refractivity contribution in [2.45, 2.75) is 65.2 Å². The molecule has 0 bridgehead atoms. The van der Waals surface area contributed by atoms with Crippen LogP contribution in [0.15, 0.2) is 79.5 Å². The van der Waals surface area contributed by atoms with Gasteiger partial charge < -0.3 is 19.3 Å². The van der Waals surface area contributed by atoms with Crippen LogP contribution in [0.4, 0.5) is 19.0 Å². The Labute approximate surface area is 253 Å². The van der Waals surface area contributed by atoms with Crippen molar-refractivity contribution in [1.29, 1.82) is 0 Å². The summed E-state index contributed by atoms with van der Waals surface area (Å²) in [7, 11) is 1.62. The summed E-state index contributed by atoms with van der Waals surface area (Å²) in [5.74, 6) is 1.17. The minimum Gasteiger partial charge on any atom is -0.496 e. The lowest BCUT2D eigenvalue weighted by molar-refractivity contribution is -0.137. The predicted molar refractivity (Wildman–Crippen MR) is 168 cm³/mol. The molecule has 4 rings (SSSR count). The second-order valence-electron chi connectivity index (χ2n) is 10.7. The van der Waals surface area contributed by atoms with Gasteiger partial charge >= 0.3 is 6.18 Å². The Hall–Kier alpha value is -4.07. The van der Waals surface area contributed by atoms with Crippen LogP contribution in [-0.2, 0) is 23.9 Å². The van der Waals surface area contributed by atoms with Gasteiger partial charge in [0, 0.05) is 48.3 Å². The molecule has 230 valence electrons. The highest BCUT2D eigenvalue weighted by molar-refractivity contribution is 5.74. The standard InChI is InChI=1S/C34H38F3N3O2.CH4/c1-6-28(26-11-7-12-27(21-26)34(35,36)37)24(4)40(23(2)3)22-31-29(14-16-33(38-31)39-17-9-18-39)30-20-25(10-8-19-41)13-15-32(30)42-5;/h6-7,11-16,19-21,24,28H,1-2,8-10,17-18,22H2,3-5H3;1H4. The van der Waals surface area contributed by atoms with Crippen LogP contribution < -0.4 is 9.64 Å². The fourth-order valence-electron chi connectivity index (χ4n) is 5.44. The third-order valence-electron chi connectivity index (χ3n) is 7.92. The topological polar surface area (TPSA) is 45.7 Å². The molecule has 2 unspecified atom stereocenters. The average molecular weight is 594 g/mol. The first-order valence-electron chi connectivity index (χ1n) is 14.1. The molecule has 3 aromatic rings. The largest absolute Gasteiger partial charge is 0.496 e.